The maximum Gasteiger partial charge on any atom is 0.294 e. The average Bonchev–Trinajstić information content (AvgIpc) is 3.11. The molecular formula is C26H20I2N2O4S2. The predicted molar refractivity (Wildman–Crippen MR) is 162 cm³/mol. The van der Waals surface area contributed by atoms with Crippen LogP contribution in [0, 0.1) is 7.14 Å². The van der Waals surface area contributed by atoms with Crippen molar-refractivity contribution >= 4 is 97.5 Å². The largest absolute Gasteiger partial charge is 0.487 e. The molecule has 10 heteroatoms. The highest BCUT2D eigenvalue weighted by Gasteiger charge is 2.36. The number of nitrogens with zero attached hydrogens (tertiary/aromatic N) is 1. The van der Waals surface area contributed by atoms with Gasteiger partial charge in [-0.15, -0.1) is 11.8 Å². The molecule has 0 radical (unpaired) electrons. The van der Waals surface area contributed by atoms with Gasteiger partial charge in [-0.3, -0.25) is 19.3 Å². The van der Waals surface area contributed by atoms with Gasteiger partial charge in [0.05, 0.1) is 8.48 Å². The van der Waals surface area contributed by atoms with Crippen LogP contribution in [0.5, 0.6) is 5.75 Å². The summed E-state index contributed by atoms with van der Waals surface area (Å²) in [5.74, 6) is -0.300. The molecule has 0 spiro atoms. The van der Waals surface area contributed by atoms with Gasteiger partial charge in [0.25, 0.3) is 11.1 Å². The zero-order valence-corrected chi connectivity index (χ0v) is 24.9. The number of thioether (sulfide) groups is 2. The van der Waals surface area contributed by atoms with Crippen molar-refractivity contribution in [2.24, 2.45) is 0 Å². The van der Waals surface area contributed by atoms with Crippen LogP contribution in [0.1, 0.15) is 11.1 Å². The molecule has 1 N–H and O–H groups in total. The zero-order valence-electron chi connectivity index (χ0n) is 19.0. The number of anilines is 1. The van der Waals surface area contributed by atoms with E-state index in [1.807, 2.05) is 66.9 Å². The van der Waals surface area contributed by atoms with Gasteiger partial charge in [0.15, 0.2) is 0 Å². The van der Waals surface area contributed by atoms with Gasteiger partial charge < -0.3 is 10.1 Å². The standard InChI is InChI=1S/C26H20I2N2O4S2/c1-35-20-9-5-8-19(13-20)29-23(31)14-30-25(32)22(36-26(30)33)11-17-10-18(27)12-21(28)24(17)34-15-16-6-3-2-4-7-16/h2-13H,14-15H2,1H3,(H,29,31)/b22-11+. The van der Waals surface area contributed by atoms with E-state index in [2.05, 4.69) is 50.5 Å². The number of carbonyl (C=O) groups excluding carboxylic acids is 3. The molecule has 0 aliphatic carbocycles. The number of carbonyl (C=O) groups is 3. The van der Waals surface area contributed by atoms with Gasteiger partial charge in [-0.05, 0) is 105 Å². The second-order valence-electron chi connectivity index (χ2n) is 7.63. The minimum atomic E-state index is -0.499. The number of halogens is 2. The molecule has 3 amide bonds. The van der Waals surface area contributed by atoms with Gasteiger partial charge in [-0.25, -0.2) is 0 Å². The molecule has 0 atom stereocenters. The zero-order chi connectivity index (χ0) is 25.7. The lowest BCUT2D eigenvalue weighted by atomic mass is 10.1. The Balaban J connectivity index is 1.51. The highest BCUT2D eigenvalue weighted by atomic mass is 127. The molecule has 0 bridgehead atoms. The second-order valence-corrected chi connectivity index (χ2v) is 11.9. The Morgan fingerprint density at radius 3 is 2.61 bits per heavy atom. The average molecular weight is 742 g/mol. The molecular weight excluding hydrogens is 722 g/mol. The van der Waals surface area contributed by atoms with Crippen LogP contribution in [0.3, 0.4) is 0 Å². The SMILES string of the molecule is CSc1cccc(NC(=O)CN2C(=O)S/C(=C/c3cc(I)cc(I)c3OCc3ccccc3)C2=O)c1. The maximum atomic E-state index is 13.1. The Kier molecular flexibility index (Phi) is 9.36. The van der Waals surface area contributed by atoms with Gasteiger partial charge in [0.2, 0.25) is 5.91 Å². The van der Waals surface area contributed by atoms with Crippen molar-refractivity contribution in [2.75, 3.05) is 18.1 Å². The first-order valence-corrected chi connectivity index (χ1v) is 14.9. The molecule has 1 heterocycles. The lowest BCUT2D eigenvalue weighted by molar-refractivity contribution is -0.127. The van der Waals surface area contributed by atoms with Crippen LogP contribution in [0.2, 0.25) is 0 Å². The highest BCUT2D eigenvalue weighted by Crippen LogP contribution is 2.36. The summed E-state index contributed by atoms with van der Waals surface area (Å²) in [6.45, 7) is 0.0182. The van der Waals surface area contributed by atoms with Crippen LogP contribution >= 0.6 is 68.7 Å². The fraction of sp³-hybridized carbons (Fsp3) is 0.115. The van der Waals surface area contributed by atoms with E-state index in [9.17, 15) is 14.4 Å². The molecule has 1 saturated heterocycles. The van der Waals surface area contributed by atoms with Crippen LogP contribution in [0.4, 0.5) is 10.5 Å². The minimum Gasteiger partial charge on any atom is -0.487 e. The second kappa shape index (κ2) is 12.5. The summed E-state index contributed by atoms with van der Waals surface area (Å²) in [7, 11) is 0. The summed E-state index contributed by atoms with van der Waals surface area (Å²) in [5.41, 5.74) is 2.33. The minimum absolute atomic E-state index is 0.250. The van der Waals surface area contributed by atoms with Gasteiger partial charge in [0.1, 0.15) is 18.9 Å². The number of benzene rings is 3. The van der Waals surface area contributed by atoms with Crippen LogP contribution in [0.25, 0.3) is 6.08 Å². The van der Waals surface area contributed by atoms with Crippen molar-refractivity contribution in [1.82, 2.24) is 4.90 Å². The Hall–Kier alpha value is -2.03. The molecule has 0 unspecified atom stereocenters. The van der Waals surface area contributed by atoms with Crippen molar-refractivity contribution in [1.29, 1.82) is 0 Å². The van der Waals surface area contributed by atoms with E-state index < -0.39 is 17.1 Å². The summed E-state index contributed by atoms with van der Waals surface area (Å²) in [6, 6.07) is 21.1. The third kappa shape index (κ3) is 6.84. The van der Waals surface area contributed by atoms with E-state index in [4.69, 9.17) is 4.74 Å². The first kappa shape index (κ1) is 27.0. The summed E-state index contributed by atoms with van der Waals surface area (Å²) in [6.07, 6.45) is 3.61. The normalized spacial score (nSPS) is 14.4. The molecule has 1 aliphatic heterocycles. The van der Waals surface area contributed by atoms with E-state index in [1.165, 1.54) is 0 Å². The number of hydrogen-bond donors (Lipinski definition) is 1. The smallest absolute Gasteiger partial charge is 0.294 e. The van der Waals surface area contributed by atoms with Crippen LogP contribution in [-0.2, 0) is 16.2 Å². The molecule has 1 aliphatic rings. The van der Waals surface area contributed by atoms with Crippen LogP contribution in [0.15, 0.2) is 76.5 Å². The molecule has 4 rings (SSSR count). The molecule has 0 saturated carbocycles. The lowest BCUT2D eigenvalue weighted by Gasteiger charge is -2.14. The van der Waals surface area contributed by atoms with E-state index >= 15 is 0 Å². The molecule has 36 heavy (non-hydrogen) atoms. The Morgan fingerprint density at radius 2 is 1.86 bits per heavy atom. The highest BCUT2D eigenvalue weighted by molar-refractivity contribution is 14.1. The first-order valence-electron chi connectivity index (χ1n) is 10.7. The Morgan fingerprint density at radius 1 is 1.08 bits per heavy atom. The maximum absolute atomic E-state index is 13.1. The summed E-state index contributed by atoms with van der Waals surface area (Å²) < 4.78 is 7.99. The van der Waals surface area contributed by atoms with Crippen molar-refractivity contribution in [3.8, 4) is 5.75 Å². The van der Waals surface area contributed by atoms with Gasteiger partial charge in [-0.1, -0.05) is 36.4 Å². The molecule has 1 fully saturated rings. The van der Waals surface area contributed by atoms with Crippen LogP contribution < -0.4 is 10.1 Å². The van der Waals surface area contributed by atoms with Gasteiger partial charge in [0, 0.05) is 19.7 Å². The molecule has 0 aromatic heterocycles. The quantitative estimate of drug-likeness (QED) is 0.154. The summed E-state index contributed by atoms with van der Waals surface area (Å²) >= 11 is 6.79. The van der Waals surface area contributed by atoms with Crippen molar-refractivity contribution in [3.05, 3.63) is 89.9 Å². The third-order valence-corrected chi connectivity index (χ3v) is 8.14. The van der Waals surface area contributed by atoms with E-state index in [0.717, 1.165) is 34.3 Å². The number of rotatable bonds is 8. The summed E-state index contributed by atoms with van der Waals surface area (Å²) in [4.78, 5) is 40.5. The molecule has 6 nitrogen and oxygen atoms in total. The predicted octanol–water partition coefficient (Wildman–Crippen LogP) is 6.87. The topological polar surface area (TPSA) is 75.7 Å². The number of amides is 3. The number of imide groups is 1. The van der Waals surface area contributed by atoms with Gasteiger partial charge >= 0.3 is 0 Å². The monoisotopic (exact) mass is 742 g/mol. The van der Waals surface area contributed by atoms with Crippen molar-refractivity contribution in [2.45, 2.75) is 11.5 Å². The van der Waals surface area contributed by atoms with E-state index in [-0.39, 0.29) is 11.4 Å². The fourth-order valence-corrected chi connectivity index (χ4v) is 6.73. The van der Waals surface area contributed by atoms with E-state index in [1.54, 1.807) is 23.9 Å². The van der Waals surface area contributed by atoms with Gasteiger partial charge in [-0.2, -0.15) is 0 Å². The van der Waals surface area contributed by atoms with Crippen molar-refractivity contribution in [3.63, 3.8) is 0 Å². The molecule has 3 aromatic carbocycles. The fourth-order valence-electron chi connectivity index (χ4n) is 3.39. The van der Waals surface area contributed by atoms with E-state index in [0.29, 0.717) is 23.6 Å². The molecule has 184 valence electrons. The first-order chi connectivity index (χ1) is 17.3. The molecule has 3 aromatic rings. The lowest BCUT2D eigenvalue weighted by Crippen LogP contribution is -2.36. The Bertz CT molecular complexity index is 1350. The number of nitrogens with one attached hydrogen (secondary N) is 1. The summed E-state index contributed by atoms with van der Waals surface area (Å²) in [5, 5.41) is 2.28. The number of hydrogen-bond acceptors (Lipinski definition) is 6. The number of ether oxygens (including phenoxy) is 1. The van der Waals surface area contributed by atoms with Crippen molar-refractivity contribution < 1.29 is 19.1 Å². The van der Waals surface area contributed by atoms with Crippen LogP contribution in [-0.4, -0.2) is 34.8 Å². The Labute approximate surface area is 244 Å². The third-order valence-electron chi connectivity index (χ3n) is 5.08.